The van der Waals surface area contributed by atoms with Crippen LogP contribution < -0.4 is 5.32 Å². The number of alkyl halides is 3. The van der Waals surface area contributed by atoms with Crippen LogP contribution in [0.4, 0.5) is 13.2 Å². The van der Waals surface area contributed by atoms with Crippen LogP contribution in [0.1, 0.15) is 28.3 Å². The summed E-state index contributed by atoms with van der Waals surface area (Å²) in [6, 6.07) is 15.7. The number of fused-ring (bicyclic) bond motifs is 1. The van der Waals surface area contributed by atoms with Gasteiger partial charge >= 0.3 is 6.18 Å². The molecule has 5 nitrogen and oxygen atoms in total. The molecule has 0 radical (unpaired) electrons. The van der Waals surface area contributed by atoms with Gasteiger partial charge in [0.25, 0.3) is 0 Å². The summed E-state index contributed by atoms with van der Waals surface area (Å²) in [5.74, 6) is 0. The molecule has 0 saturated heterocycles. The first-order valence-electron chi connectivity index (χ1n) is 10.5. The predicted octanol–water partition coefficient (Wildman–Crippen LogP) is 6.65. The Hall–Kier alpha value is -3.80. The lowest BCUT2D eigenvalue weighted by Crippen LogP contribution is -2.31. The van der Waals surface area contributed by atoms with Crippen LogP contribution in [0.15, 0.2) is 79.4 Å². The summed E-state index contributed by atoms with van der Waals surface area (Å²) in [6.07, 6.45) is 3.03. The van der Waals surface area contributed by atoms with Gasteiger partial charge in [-0.2, -0.15) is 18.4 Å². The van der Waals surface area contributed by atoms with E-state index in [0.717, 1.165) is 17.4 Å². The van der Waals surface area contributed by atoms with Crippen molar-refractivity contribution in [3.05, 3.63) is 107 Å². The van der Waals surface area contributed by atoms with Gasteiger partial charge in [-0.15, -0.1) is 0 Å². The fourth-order valence-electron chi connectivity index (χ4n) is 3.59. The quantitative estimate of drug-likeness (QED) is 0.302. The molecule has 0 spiro atoms. The molecule has 2 N–H and O–H groups in total. The second-order valence-corrected chi connectivity index (χ2v) is 7.98. The maximum Gasteiger partial charge on any atom is 0.407 e. The minimum Gasteiger partial charge on any atom is -0.516 e. The molecule has 2 heterocycles. The number of aromatic nitrogens is 2. The van der Waals surface area contributed by atoms with Gasteiger partial charge in [0.05, 0.1) is 17.9 Å². The molecule has 0 bridgehead atoms. The highest BCUT2D eigenvalue weighted by Gasteiger charge is 2.41. The lowest BCUT2D eigenvalue weighted by atomic mass is 10.0. The van der Waals surface area contributed by atoms with Crippen molar-refractivity contribution in [3.8, 4) is 6.07 Å². The van der Waals surface area contributed by atoms with E-state index in [9.17, 15) is 13.2 Å². The summed E-state index contributed by atoms with van der Waals surface area (Å²) in [4.78, 5) is 3.81. The number of nitrogens with one attached hydrogen (secondary N) is 1. The Bertz CT molecular complexity index is 1330. The van der Waals surface area contributed by atoms with Gasteiger partial charge in [0.1, 0.15) is 6.04 Å². The molecule has 1 unspecified atom stereocenters. The molecule has 4 rings (SSSR count). The van der Waals surface area contributed by atoms with E-state index in [4.69, 9.17) is 22.0 Å². The highest BCUT2D eigenvalue weighted by Crippen LogP contribution is 2.37. The number of pyridine rings is 1. The first-order valence-corrected chi connectivity index (χ1v) is 10.9. The third-order valence-electron chi connectivity index (χ3n) is 5.21. The van der Waals surface area contributed by atoms with Gasteiger partial charge in [-0.25, -0.2) is 0 Å². The van der Waals surface area contributed by atoms with Crippen LogP contribution in [-0.2, 0) is 6.54 Å². The molecule has 9 heteroatoms. The molecule has 0 aliphatic carbocycles. The molecule has 0 aliphatic rings. The van der Waals surface area contributed by atoms with E-state index < -0.39 is 12.2 Å². The standard InChI is InChI=1S/C19H15ClF3N3.C7H7NO/c1-25-18(19(21,22)23)16-11-26(10-12-2-5-14(20)6-3-12)17-8-13(9-24)4-7-15(16)17;9-6-3-7-1-4-8-5-2-7/h2-8,11,18,25H,10H2,1H3;1-6,9H. The van der Waals surface area contributed by atoms with E-state index >= 15 is 0 Å². The highest BCUT2D eigenvalue weighted by atomic mass is 35.5. The molecule has 0 amide bonds. The Balaban J connectivity index is 0.000000320. The zero-order chi connectivity index (χ0) is 25.4. The van der Waals surface area contributed by atoms with Crippen LogP contribution in [0.25, 0.3) is 17.0 Å². The van der Waals surface area contributed by atoms with Gasteiger partial charge in [0, 0.05) is 46.6 Å². The Kier molecular flexibility index (Phi) is 8.53. The van der Waals surface area contributed by atoms with Crippen molar-refractivity contribution in [2.24, 2.45) is 0 Å². The molecule has 180 valence electrons. The normalized spacial score (nSPS) is 12.2. The van der Waals surface area contributed by atoms with E-state index in [-0.39, 0.29) is 5.56 Å². The van der Waals surface area contributed by atoms with E-state index in [2.05, 4.69) is 10.3 Å². The fraction of sp³-hybridized carbons (Fsp3) is 0.154. The number of benzene rings is 2. The third-order valence-corrected chi connectivity index (χ3v) is 5.46. The summed E-state index contributed by atoms with van der Waals surface area (Å²) in [6.45, 7) is 0.372. The third kappa shape index (κ3) is 6.63. The Morgan fingerprint density at radius 1 is 1.14 bits per heavy atom. The molecule has 0 fully saturated rings. The lowest BCUT2D eigenvalue weighted by molar-refractivity contribution is -0.156. The zero-order valence-electron chi connectivity index (χ0n) is 18.7. The van der Waals surface area contributed by atoms with Gasteiger partial charge < -0.3 is 15.0 Å². The van der Waals surface area contributed by atoms with Crippen LogP contribution in [0.5, 0.6) is 0 Å². The number of hydrogen-bond donors (Lipinski definition) is 2. The largest absolute Gasteiger partial charge is 0.516 e. The van der Waals surface area contributed by atoms with Crippen molar-refractivity contribution in [3.63, 3.8) is 0 Å². The summed E-state index contributed by atoms with van der Waals surface area (Å²) in [5, 5.41) is 20.9. The summed E-state index contributed by atoms with van der Waals surface area (Å²) < 4.78 is 42.0. The maximum atomic E-state index is 13.4. The van der Waals surface area contributed by atoms with E-state index in [1.165, 1.54) is 19.3 Å². The van der Waals surface area contributed by atoms with E-state index in [1.807, 2.05) is 30.3 Å². The highest BCUT2D eigenvalue weighted by molar-refractivity contribution is 6.30. The number of aliphatic hydroxyl groups is 1. The number of hydrogen-bond acceptors (Lipinski definition) is 4. The van der Waals surface area contributed by atoms with Crippen LogP contribution >= 0.6 is 11.6 Å². The number of rotatable bonds is 5. The van der Waals surface area contributed by atoms with Crippen molar-refractivity contribution in [1.29, 1.82) is 5.26 Å². The fourth-order valence-corrected chi connectivity index (χ4v) is 3.72. The van der Waals surface area contributed by atoms with Crippen LogP contribution in [0.2, 0.25) is 5.02 Å². The second-order valence-electron chi connectivity index (χ2n) is 7.54. The van der Waals surface area contributed by atoms with Gasteiger partial charge in [-0.1, -0.05) is 29.8 Å². The molecule has 2 aromatic heterocycles. The average Bonchev–Trinajstić information content (AvgIpc) is 3.18. The number of halogens is 4. The molecule has 0 aliphatic heterocycles. The second kappa shape index (κ2) is 11.6. The minimum absolute atomic E-state index is 0.133. The van der Waals surface area contributed by atoms with Gasteiger partial charge in [0.2, 0.25) is 0 Å². The maximum absolute atomic E-state index is 13.4. The number of nitrogens with zero attached hydrogens (tertiary/aromatic N) is 3. The smallest absolute Gasteiger partial charge is 0.407 e. The molecular formula is C26H22ClF3N4O. The predicted molar refractivity (Wildman–Crippen MR) is 131 cm³/mol. The van der Waals surface area contributed by atoms with Crippen LogP contribution in [0, 0.1) is 11.3 Å². The topological polar surface area (TPSA) is 73.9 Å². The van der Waals surface area contributed by atoms with Gasteiger partial charge in [0.15, 0.2) is 0 Å². The van der Waals surface area contributed by atoms with Crippen LogP contribution in [-0.4, -0.2) is 27.9 Å². The average molecular weight is 499 g/mol. The SMILES string of the molecule is CNC(c1cn(Cc2ccc(Cl)cc2)c2cc(C#N)ccc12)C(F)(F)F.OC=Cc1ccncc1. The van der Waals surface area contributed by atoms with Crippen molar-refractivity contribution >= 4 is 28.6 Å². The number of nitriles is 1. The Morgan fingerprint density at radius 3 is 2.40 bits per heavy atom. The van der Waals surface area contributed by atoms with Crippen molar-refractivity contribution in [2.45, 2.75) is 18.8 Å². The van der Waals surface area contributed by atoms with Crippen molar-refractivity contribution in [2.75, 3.05) is 7.05 Å². The summed E-state index contributed by atoms with van der Waals surface area (Å²) >= 11 is 5.89. The van der Waals surface area contributed by atoms with Crippen molar-refractivity contribution in [1.82, 2.24) is 14.9 Å². The number of aliphatic hydroxyl groups excluding tert-OH is 1. The molecular weight excluding hydrogens is 477 g/mol. The molecule has 0 saturated carbocycles. The van der Waals surface area contributed by atoms with Crippen LogP contribution in [0.3, 0.4) is 0 Å². The van der Waals surface area contributed by atoms with E-state index in [0.29, 0.717) is 28.0 Å². The summed E-state index contributed by atoms with van der Waals surface area (Å²) in [7, 11) is 1.28. The molecule has 35 heavy (non-hydrogen) atoms. The molecule has 4 aromatic rings. The Labute approximate surface area is 205 Å². The molecule has 2 aromatic carbocycles. The first kappa shape index (κ1) is 25.8. The lowest BCUT2D eigenvalue weighted by Gasteiger charge is -2.19. The molecule has 1 atom stereocenters. The Morgan fingerprint density at radius 2 is 1.83 bits per heavy atom. The monoisotopic (exact) mass is 498 g/mol. The van der Waals surface area contributed by atoms with Gasteiger partial charge in [-0.05, 0) is 60.6 Å². The summed E-state index contributed by atoms with van der Waals surface area (Å²) in [5.41, 5.74) is 2.96. The van der Waals surface area contributed by atoms with Gasteiger partial charge in [-0.3, -0.25) is 4.98 Å². The van der Waals surface area contributed by atoms with E-state index in [1.54, 1.807) is 47.3 Å². The van der Waals surface area contributed by atoms with Crippen molar-refractivity contribution < 1.29 is 18.3 Å². The zero-order valence-corrected chi connectivity index (χ0v) is 19.4. The first-order chi connectivity index (χ1) is 16.8. The minimum atomic E-state index is -4.43.